The van der Waals surface area contributed by atoms with Crippen molar-refractivity contribution in [1.29, 1.82) is 0 Å². The Kier molecular flexibility index (Phi) is 8.31. The smallest absolute Gasteiger partial charge is 0.261 e. The molecule has 2 heterocycles. The Bertz CT molecular complexity index is 1200. The summed E-state index contributed by atoms with van der Waals surface area (Å²) in [5, 5.41) is 2.11. The van der Waals surface area contributed by atoms with Gasteiger partial charge in [0, 0.05) is 18.0 Å². The third-order valence-corrected chi connectivity index (χ3v) is 7.80. The second kappa shape index (κ2) is 11.6. The van der Waals surface area contributed by atoms with Crippen LogP contribution in [0, 0.1) is 6.92 Å². The molecule has 0 saturated carbocycles. The highest BCUT2D eigenvalue weighted by Crippen LogP contribution is 2.39. The van der Waals surface area contributed by atoms with E-state index in [4.69, 9.17) is 9.47 Å². The minimum atomic E-state index is -0.258. The summed E-state index contributed by atoms with van der Waals surface area (Å²) in [4.78, 5) is 32.6. The van der Waals surface area contributed by atoms with Gasteiger partial charge in [0.1, 0.15) is 23.6 Å². The number of rotatable bonds is 9. The average molecular weight is 507 g/mol. The predicted octanol–water partition coefficient (Wildman–Crippen LogP) is 5.49. The largest absolute Gasteiger partial charge is 0.496 e. The number of methoxy groups -OCH3 is 2. The van der Waals surface area contributed by atoms with Crippen molar-refractivity contribution < 1.29 is 19.1 Å². The Morgan fingerprint density at radius 3 is 2.42 bits per heavy atom. The summed E-state index contributed by atoms with van der Waals surface area (Å²) < 4.78 is 11.0. The molecule has 6 nitrogen and oxygen atoms in total. The average Bonchev–Trinajstić information content (AvgIpc) is 3.39. The van der Waals surface area contributed by atoms with Crippen molar-refractivity contribution in [3.8, 4) is 11.5 Å². The summed E-state index contributed by atoms with van der Waals surface area (Å²) in [6.45, 7) is 5.27. The van der Waals surface area contributed by atoms with E-state index in [1.807, 2.05) is 17.0 Å². The standard InChI is InChI=1S/C29H34N2O4S/c1-5-6-16-30(29(33)27-23(34-3)12-9-13-24(27)35-4)19-26(32)31-17-14-25-22(15-18-36-25)28(31)21-11-8-7-10-20(21)2/h7-13,15,18,28H,5-6,14,16-17,19H2,1-4H3. The van der Waals surface area contributed by atoms with Crippen molar-refractivity contribution >= 4 is 23.2 Å². The summed E-state index contributed by atoms with van der Waals surface area (Å²) >= 11 is 1.75. The van der Waals surface area contributed by atoms with Gasteiger partial charge < -0.3 is 19.3 Å². The van der Waals surface area contributed by atoms with E-state index in [-0.39, 0.29) is 24.4 Å². The summed E-state index contributed by atoms with van der Waals surface area (Å²) in [7, 11) is 3.07. The quantitative estimate of drug-likeness (QED) is 0.385. The number of hydrogen-bond donors (Lipinski definition) is 0. The van der Waals surface area contributed by atoms with Gasteiger partial charge in [0.2, 0.25) is 5.91 Å². The number of carbonyl (C=O) groups excluding carboxylic acids is 2. The predicted molar refractivity (Wildman–Crippen MR) is 143 cm³/mol. The van der Waals surface area contributed by atoms with Crippen LogP contribution < -0.4 is 9.47 Å². The van der Waals surface area contributed by atoms with Crippen molar-refractivity contribution in [3.05, 3.63) is 81.0 Å². The molecule has 0 aliphatic carbocycles. The zero-order chi connectivity index (χ0) is 25.7. The number of carbonyl (C=O) groups is 2. The molecule has 7 heteroatoms. The molecule has 0 bridgehead atoms. The van der Waals surface area contributed by atoms with E-state index in [0.717, 1.165) is 30.4 Å². The number of nitrogens with zero attached hydrogens (tertiary/aromatic N) is 2. The van der Waals surface area contributed by atoms with E-state index in [1.165, 1.54) is 24.7 Å². The normalized spacial score (nSPS) is 14.8. The highest BCUT2D eigenvalue weighted by molar-refractivity contribution is 7.10. The Morgan fingerprint density at radius 1 is 1.03 bits per heavy atom. The fraction of sp³-hybridized carbons (Fsp3) is 0.379. The Hall–Kier alpha value is -3.32. The second-order valence-electron chi connectivity index (χ2n) is 9.01. The molecule has 0 N–H and O–H groups in total. The number of benzene rings is 2. The fourth-order valence-electron chi connectivity index (χ4n) is 4.89. The molecule has 4 rings (SSSR count). The van der Waals surface area contributed by atoms with Gasteiger partial charge in [-0.3, -0.25) is 9.59 Å². The number of ether oxygens (including phenoxy) is 2. The lowest BCUT2D eigenvalue weighted by Crippen LogP contribution is -2.47. The minimum Gasteiger partial charge on any atom is -0.496 e. The summed E-state index contributed by atoms with van der Waals surface area (Å²) in [5.74, 6) is 0.559. The van der Waals surface area contributed by atoms with Gasteiger partial charge in [-0.1, -0.05) is 43.7 Å². The third kappa shape index (κ3) is 5.12. The van der Waals surface area contributed by atoms with Gasteiger partial charge in [-0.2, -0.15) is 0 Å². The molecule has 1 atom stereocenters. The summed E-state index contributed by atoms with van der Waals surface area (Å²) in [6, 6.07) is 15.5. The monoisotopic (exact) mass is 506 g/mol. The number of fused-ring (bicyclic) bond motifs is 1. The minimum absolute atomic E-state index is 0.00187. The van der Waals surface area contributed by atoms with E-state index in [1.54, 1.807) is 34.4 Å². The van der Waals surface area contributed by atoms with Gasteiger partial charge in [-0.05, 0) is 60.0 Å². The Labute approximate surface area is 217 Å². The molecule has 1 unspecified atom stereocenters. The van der Waals surface area contributed by atoms with Crippen LogP contribution in [0.5, 0.6) is 11.5 Å². The van der Waals surface area contributed by atoms with Crippen LogP contribution in [0.3, 0.4) is 0 Å². The topological polar surface area (TPSA) is 59.1 Å². The van der Waals surface area contributed by atoms with E-state index >= 15 is 0 Å². The summed E-state index contributed by atoms with van der Waals surface area (Å²) in [6.07, 6.45) is 2.53. The number of thiophene rings is 1. The molecular formula is C29H34N2O4S. The van der Waals surface area contributed by atoms with Crippen molar-refractivity contribution in [3.63, 3.8) is 0 Å². The highest BCUT2D eigenvalue weighted by Gasteiger charge is 2.35. The van der Waals surface area contributed by atoms with Crippen molar-refractivity contribution in [2.75, 3.05) is 33.9 Å². The molecule has 0 fully saturated rings. The molecule has 0 spiro atoms. The van der Waals surface area contributed by atoms with E-state index in [2.05, 4.69) is 37.4 Å². The molecule has 1 aliphatic rings. The van der Waals surface area contributed by atoms with Crippen LogP contribution in [0.15, 0.2) is 53.9 Å². The van der Waals surface area contributed by atoms with Crippen molar-refractivity contribution in [1.82, 2.24) is 9.80 Å². The first-order valence-electron chi connectivity index (χ1n) is 12.4. The highest BCUT2D eigenvalue weighted by atomic mass is 32.1. The van der Waals surface area contributed by atoms with Gasteiger partial charge >= 0.3 is 0 Å². The Balaban J connectivity index is 1.67. The number of amides is 2. The molecule has 0 radical (unpaired) electrons. The zero-order valence-corrected chi connectivity index (χ0v) is 22.3. The van der Waals surface area contributed by atoms with Gasteiger partial charge in [-0.25, -0.2) is 0 Å². The maximum absolute atomic E-state index is 13.9. The molecule has 2 amide bonds. The van der Waals surface area contributed by atoms with Crippen LogP contribution in [0.25, 0.3) is 0 Å². The second-order valence-corrected chi connectivity index (χ2v) is 10.0. The lowest BCUT2D eigenvalue weighted by atomic mass is 9.90. The van der Waals surface area contributed by atoms with E-state index < -0.39 is 0 Å². The Morgan fingerprint density at radius 2 is 1.75 bits per heavy atom. The lowest BCUT2D eigenvalue weighted by Gasteiger charge is -2.38. The molecular weight excluding hydrogens is 472 g/mol. The van der Waals surface area contributed by atoms with Crippen LogP contribution in [-0.2, 0) is 11.2 Å². The first kappa shape index (κ1) is 25.8. The molecule has 36 heavy (non-hydrogen) atoms. The van der Waals surface area contributed by atoms with Crippen LogP contribution in [0.1, 0.15) is 57.7 Å². The van der Waals surface area contributed by atoms with Gasteiger partial charge in [0.15, 0.2) is 0 Å². The van der Waals surface area contributed by atoms with Crippen LogP contribution >= 0.6 is 11.3 Å². The zero-order valence-electron chi connectivity index (χ0n) is 21.5. The van der Waals surface area contributed by atoms with Crippen LogP contribution in [0.4, 0.5) is 0 Å². The van der Waals surface area contributed by atoms with Gasteiger partial charge in [0.25, 0.3) is 5.91 Å². The maximum Gasteiger partial charge on any atom is 0.261 e. The van der Waals surface area contributed by atoms with Crippen molar-refractivity contribution in [2.45, 2.75) is 39.2 Å². The van der Waals surface area contributed by atoms with Crippen molar-refractivity contribution in [2.24, 2.45) is 0 Å². The van der Waals surface area contributed by atoms with Gasteiger partial charge in [-0.15, -0.1) is 11.3 Å². The SMILES string of the molecule is CCCCN(CC(=O)N1CCc2sccc2C1c1ccccc1C)C(=O)c1c(OC)cccc1OC. The molecule has 3 aromatic rings. The fourth-order valence-corrected chi connectivity index (χ4v) is 5.79. The molecule has 0 saturated heterocycles. The third-order valence-electron chi connectivity index (χ3n) is 6.81. The molecule has 190 valence electrons. The number of unbranched alkanes of at least 4 members (excludes halogenated alkanes) is 1. The summed E-state index contributed by atoms with van der Waals surface area (Å²) in [5.41, 5.74) is 3.81. The molecule has 2 aromatic carbocycles. The molecule has 1 aromatic heterocycles. The number of aryl methyl sites for hydroxylation is 1. The first-order valence-corrected chi connectivity index (χ1v) is 13.3. The van der Waals surface area contributed by atoms with Crippen LogP contribution in [-0.4, -0.2) is 55.5 Å². The lowest BCUT2D eigenvalue weighted by molar-refractivity contribution is -0.134. The van der Waals surface area contributed by atoms with Gasteiger partial charge in [0.05, 0.1) is 20.3 Å². The van der Waals surface area contributed by atoms with Crippen LogP contribution in [0.2, 0.25) is 0 Å². The van der Waals surface area contributed by atoms with E-state index in [9.17, 15) is 9.59 Å². The first-order chi connectivity index (χ1) is 17.5. The molecule has 1 aliphatic heterocycles. The van der Waals surface area contributed by atoms with E-state index in [0.29, 0.717) is 30.2 Å². The maximum atomic E-state index is 13.9. The number of hydrogen-bond acceptors (Lipinski definition) is 5.